The number of carbonyl (C=O) groups is 2. The van der Waals surface area contributed by atoms with Crippen molar-refractivity contribution in [3.8, 4) is 5.88 Å². The number of aromatic nitrogens is 1. The van der Waals surface area contributed by atoms with E-state index in [9.17, 15) is 35.9 Å². The van der Waals surface area contributed by atoms with Crippen molar-refractivity contribution in [3.05, 3.63) is 22.6 Å². The number of alkyl halides is 6. The van der Waals surface area contributed by atoms with E-state index in [-0.39, 0.29) is 53.5 Å². The van der Waals surface area contributed by atoms with Gasteiger partial charge in [0.05, 0.1) is 28.0 Å². The average Bonchev–Trinajstić information content (AvgIpc) is 3.22. The fraction of sp³-hybridized carbons (Fsp3) is 0.591. The molecule has 1 aliphatic heterocycles. The third-order valence-electron chi connectivity index (χ3n) is 6.21. The van der Waals surface area contributed by atoms with E-state index in [1.54, 1.807) is 0 Å². The number of nitrogens with zero attached hydrogens (tertiary/aromatic N) is 2. The van der Waals surface area contributed by atoms with Gasteiger partial charge in [0.25, 0.3) is 5.91 Å². The van der Waals surface area contributed by atoms with Gasteiger partial charge in [0, 0.05) is 44.4 Å². The van der Waals surface area contributed by atoms with Gasteiger partial charge in [0.1, 0.15) is 12.2 Å². The van der Waals surface area contributed by atoms with Crippen LogP contribution in [0.25, 0.3) is 10.2 Å². The predicted molar refractivity (Wildman–Crippen MR) is 118 cm³/mol. The molecule has 0 radical (unpaired) electrons. The highest BCUT2D eigenvalue weighted by atomic mass is 32.1. The van der Waals surface area contributed by atoms with E-state index in [1.165, 1.54) is 17.3 Å². The summed E-state index contributed by atoms with van der Waals surface area (Å²) >= 11 is 0.771. The molecule has 0 aromatic carbocycles. The maximum absolute atomic E-state index is 13.7. The van der Waals surface area contributed by atoms with Crippen LogP contribution in [0, 0.1) is 5.92 Å². The van der Waals surface area contributed by atoms with Gasteiger partial charge in [-0.3, -0.25) is 9.53 Å². The zero-order valence-electron chi connectivity index (χ0n) is 19.4. The van der Waals surface area contributed by atoms with Crippen molar-refractivity contribution >= 4 is 33.6 Å². The number of fused-ring (bicyclic) bond motifs is 1. The molecule has 0 bridgehead atoms. The number of hydrogen-bond acceptors (Lipinski definition) is 7. The number of ether oxygens (including phenoxy) is 3. The lowest BCUT2D eigenvalue weighted by Crippen LogP contribution is -2.45. The molecule has 0 atom stereocenters. The van der Waals surface area contributed by atoms with Crippen molar-refractivity contribution in [2.24, 2.45) is 5.92 Å². The minimum atomic E-state index is -4.69. The van der Waals surface area contributed by atoms with Crippen LogP contribution in [-0.4, -0.2) is 67.2 Å². The van der Waals surface area contributed by atoms with Crippen LogP contribution in [0.2, 0.25) is 0 Å². The summed E-state index contributed by atoms with van der Waals surface area (Å²) in [4.78, 5) is 30.0. The molecule has 2 aromatic heterocycles. The van der Waals surface area contributed by atoms with Crippen molar-refractivity contribution in [2.75, 3.05) is 26.7 Å². The first-order chi connectivity index (χ1) is 17.3. The number of amides is 2. The molecular formula is C22H23F6N3O5S. The first kappa shape index (κ1) is 27.2. The Morgan fingerprint density at radius 2 is 1.81 bits per heavy atom. The van der Waals surface area contributed by atoms with Crippen LogP contribution >= 0.6 is 11.3 Å². The predicted octanol–water partition coefficient (Wildman–Crippen LogP) is 4.97. The Kier molecular flexibility index (Phi) is 7.74. The minimum absolute atomic E-state index is 0.0132. The summed E-state index contributed by atoms with van der Waals surface area (Å²) in [7, 11) is 1.36. The van der Waals surface area contributed by atoms with Gasteiger partial charge in [-0.15, -0.1) is 24.5 Å². The Morgan fingerprint density at radius 1 is 1.14 bits per heavy atom. The molecule has 3 heterocycles. The lowest BCUT2D eigenvalue weighted by atomic mass is 9.83. The van der Waals surface area contributed by atoms with Crippen LogP contribution < -0.4 is 10.1 Å². The number of hydrogen-bond donors (Lipinski definition) is 1. The zero-order valence-corrected chi connectivity index (χ0v) is 20.3. The summed E-state index contributed by atoms with van der Waals surface area (Å²) in [6.45, 7) is -0.0492. The monoisotopic (exact) mass is 555 g/mol. The highest BCUT2D eigenvalue weighted by molar-refractivity contribution is 7.17. The number of thiophene rings is 1. The van der Waals surface area contributed by atoms with E-state index in [2.05, 4.69) is 15.0 Å². The average molecular weight is 555 g/mol. The van der Waals surface area contributed by atoms with Gasteiger partial charge in [-0.1, -0.05) is 0 Å². The molecule has 2 aliphatic rings. The molecule has 1 aliphatic carbocycles. The third kappa shape index (κ3) is 6.55. The third-order valence-corrected chi connectivity index (χ3v) is 7.21. The summed E-state index contributed by atoms with van der Waals surface area (Å²) in [6, 6.07) is 0.808. The number of piperidine rings is 1. The zero-order chi connectivity index (χ0) is 27.0. The van der Waals surface area contributed by atoms with Crippen LogP contribution in [0.15, 0.2) is 11.4 Å². The number of halogens is 6. The van der Waals surface area contributed by atoms with Crippen LogP contribution in [-0.2, 0) is 15.7 Å². The quantitative estimate of drug-likeness (QED) is 0.507. The van der Waals surface area contributed by atoms with E-state index < -0.39 is 48.9 Å². The summed E-state index contributed by atoms with van der Waals surface area (Å²) < 4.78 is 92.0. The summed E-state index contributed by atoms with van der Waals surface area (Å²) in [5, 5.41) is 3.69. The largest absolute Gasteiger partial charge is 0.522 e. The second-order valence-corrected chi connectivity index (χ2v) is 9.70. The maximum Gasteiger partial charge on any atom is 0.522 e. The number of pyridine rings is 1. The molecule has 4 rings (SSSR count). The topological polar surface area (TPSA) is 90.0 Å². The molecular weight excluding hydrogens is 532 g/mol. The molecule has 2 fully saturated rings. The Bertz CT molecular complexity index is 1140. The highest BCUT2D eigenvalue weighted by Crippen LogP contribution is 2.40. The van der Waals surface area contributed by atoms with Crippen molar-refractivity contribution in [3.63, 3.8) is 0 Å². The summed E-state index contributed by atoms with van der Waals surface area (Å²) in [5.41, 5.74) is -1.04. The normalized spacial score (nSPS) is 21.0. The van der Waals surface area contributed by atoms with Gasteiger partial charge in [-0.25, -0.2) is 9.78 Å². The Balaban J connectivity index is 1.32. The second-order valence-electron chi connectivity index (χ2n) is 8.82. The van der Waals surface area contributed by atoms with Gasteiger partial charge in [0.2, 0.25) is 5.88 Å². The highest BCUT2D eigenvalue weighted by Gasteiger charge is 2.39. The van der Waals surface area contributed by atoms with E-state index >= 15 is 0 Å². The van der Waals surface area contributed by atoms with Gasteiger partial charge in [-0.05, 0) is 18.8 Å². The van der Waals surface area contributed by atoms with E-state index in [0.29, 0.717) is 12.8 Å². The lowest BCUT2D eigenvalue weighted by Gasteiger charge is -2.37. The maximum atomic E-state index is 13.7. The fourth-order valence-electron chi connectivity index (χ4n) is 4.22. The molecule has 15 heteroatoms. The number of rotatable bonds is 6. The van der Waals surface area contributed by atoms with Crippen molar-refractivity contribution in [1.82, 2.24) is 15.2 Å². The van der Waals surface area contributed by atoms with Gasteiger partial charge in [-0.2, -0.15) is 13.2 Å². The first-order valence-corrected chi connectivity index (χ1v) is 12.3. The van der Waals surface area contributed by atoms with Crippen molar-refractivity contribution in [1.29, 1.82) is 0 Å². The lowest BCUT2D eigenvalue weighted by molar-refractivity contribution is -0.331. The molecule has 1 saturated heterocycles. The number of likely N-dealkylation sites (tertiary alicyclic amines) is 1. The Morgan fingerprint density at radius 3 is 2.41 bits per heavy atom. The molecule has 0 spiro atoms. The Hall–Kier alpha value is -2.81. The van der Waals surface area contributed by atoms with Gasteiger partial charge >= 0.3 is 18.6 Å². The smallest absolute Gasteiger partial charge is 0.474 e. The SMILES string of the molecule is CNC(=O)c1csc2c(C(F)(F)F)cc(OC3CCN(C(=O)OC4CC(COC(F)(F)F)C4)CC3)nc12. The van der Waals surface area contributed by atoms with Crippen molar-refractivity contribution < 1.29 is 50.1 Å². The molecule has 1 saturated carbocycles. The minimum Gasteiger partial charge on any atom is -0.474 e. The van der Waals surface area contributed by atoms with E-state index in [0.717, 1.165) is 17.4 Å². The van der Waals surface area contributed by atoms with E-state index in [4.69, 9.17) is 9.47 Å². The molecule has 2 amide bonds. The van der Waals surface area contributed by atoms with Crippen LogP contribution in [0.5, 0.6) is 5.88 Å². The van der Waals surface area contributed by atoms with Gasteiger partial charge < -0.3 is 19.7 Å². The molecule has 1 N–H and O–H groups in total. The van der Waals surface area contributed by atoms with Crippen LogP contribution in [0.4, 0.5) is 31.1 Å². The van der Waals surface area contributed by atoms with Crippen LogP contribution in [0.3, 0.4) is 0 Å². The number of nitrogens with one attached hydrogen (secondary N) is 1. The molecule has 204 valence electrons. The summed E-state index contributed by atoms with van der Waals surface area (Å²) in [5.74, 6) is -1.18. The van der Waals surface area contributed by atoms with Crippen LogP contribution in [0.1, 0.15) is 41.6 Å². The van der Waals surface area contributed by atoms with Gasteiger partial charge in [0.15, 0.2) is 0 Å². The summed E-state index contributed by atoms with van der Waals surface area (Å²) in [6.07, 6.45) is -9.84. The standard InChI is InChI=1S/C22H23F6N3O5S/c1-29-19(32)14-10-37-18-15(21(23,24)25)8-16(30-17(14)18)35-12-2-4-31(5-3-12)20(33)36-13-6-11(7-13)9-34-22(26,27)28/h8,10-13H,2-7,9H2,1H3,(H,29,32). The first-order valence-electron chi connectivity index (χ1n) is 11.4. The molecule has 37 heavy (non-hydrogen) atoms. The van der Waals surface area contributed by atoms with Crippen molar-refractivity contribution in [2.45, 2.75) is 50.4 Å². The molecule has 8 nitrogen and oxygen atoms in total. The molecule has 2 aromatic rings. The molecule has 0 unspecified atom stereocenters. The number of carbonyl (C=O) groups excluding carboxylic acids is 2. The Labute approximate surface area is 210 Å². The second kappa shape index (κ2) is 10.5. The van der Waals surface area contributed by atoms with E-state index in [1.807, 2.05) is 0 Å². The fourth-order valence-corrected chi connectivity index (χ4v) is 5.24.